The summed E-state index contributed by atoms with van der Waals surface area (Å²) in [5, 5.41) is 3.00. The minimum atomic E-state index is -0.104. The smallest absolute Gasteiger partial charge is 0.251 e. The van der Waals surface area contributed by atoms with Gasteiger partial charge in [0.25, 0.3) is 5.91 Å². The highest BCUT2D eigenvalue weighted by atomic mass is 16.5. The Hall–Kier alpha value is -2.49. The minimum absolute atomic E-state index is 0.0369. The van der Waals surface area contributed by atoms with E-state index >= 15 is 0 Å². The van der Waals surface area contributed by atoms with Gasteiger partial charge in [-0.3, -0.25) is 4.79 Å². The highest BCUT2D eigenvalue weighted by Gasteiger charge is 2.13. The minimum Gasteiger partial charge on any atom is -0.497 e. The fourth-order valence-electron chi connectivity index (χ4n) is 2.17. The highest BCUT2D eigenvalue weighted by Crippen LogP contribution is 2.14. The zero-order chi connectivity index (χ0) is 16.7. The topological polar surface area (TPSA) is 47.6 Å². The fourth-order valence-corrected chi connectivity index (χ4v) is 2.17. The van der Waals surface area contributed by atoms with Gasteiger partial charge >= 0.3 is 0 Å². The number of carbonyl (C=O) groups excluding carboxylic acids is 1. The molecule has 0 fully saturated rings. The number of hydrogen-bond acceptors (Lipinski definition) is 3. The Balaban J connectivity index is 1.91. The van der Waals surface area contributed by atoms with Crippen LogP contribution >= 0.6 is 0 Å². The zero-order valence-electron chi connectivity index (χ0n) is 13.8. The normalized spacial score (nSPS) is 11.6. The largest absolute Gasteiger partial charge is 0.497 e. The molecule has 0 saturated carbocycles. The molecule has 0 saturated heterocycles. The van der Waals surface area contributed by atoms with E-state index in [4.69, 9.17) is 9.47 Å². The van der Waals surface area contributed by atoms with Crippen molar-refractivity contribution < 1.29 is 14.3 Å². The molecule has 122 valence electrons. The van der Waals surface area contributed by atoms with Gasteiger partial charge < -0.3 is 14.8 Å². The number of aryl methyl sites for hydroxylation is 1. The highest BCUT2D eigenvalue weighted by molar-refractivity contribution is 5.94. The molecule has 2 aromatic rings. The van der Waals surface area contributed by atoms with Crippen molar-refractivity contribution in [2.24, 2.45) is 0 Å². The molecule has 0 bridgehead atoms. The van der Waals surface area contributed by atoms with Crippen molar-refractivity contribution in [3.05, 3.63) is 59.7 Å². The third-order valence-corrected chi connectivity index (χ3v) is 3.62. The molecule has 1 amide bonds. The molecule has 1 N–H and O–H groups in total. The van der Waals surface area contributed by atoms with Crippen molar-refractivity contribution in [1.29, 1.82) is 0 Å². The average Bonchev–Trinajstić information content (AvgIpc) is 2.58. The first-order chi connectivity index (χ1) is 11.1. The number of methoxy groups -OCH3 is 1. The molecular formula is C19H23NO3. The van der Waals surface area contributed by atoms with Gasteiger partial charge in [0.05, 0.1) is 13.2 Å². The van der Waals surface area contributed by atoms with E-state index in [9.17, 15) is 4.79 Å². The summed E-state index contributed by atoms with van der Waals surface area (Å²) in [4.78, 5) is 12.3. The lowest BCUT2D eigenvalue weighted by atomic mass is 10.1. The van der Waals surface area contributed by atoms with Crippen molar-refractivity contribution in [2.75, 3.05) is 13.7 Å². The summed E-state index contributed by atoms with van der Waals surface area (Å²) in [6, 6.07) is 14.9. The summed E-state index contributed by atoms with van der Waals surface area (Å²) in [5.41, 5.74) is 1.76. The molecule has 2 aromatic carbocycles. The Kier molecular flexibility index (Phi) is 6.03. The number of amides is 1. The van der Waals surface area contributed by atoms with Crippen LogP contribution in [0.1, 0.15) is 29.3 Å². The van der Waals surface area contributed by atoms with E-state index in [0.29, 0.717) is 12.2 Å². The van der Waals surface area contributed by atoms with Crippen molar-refractivity contribution in [3.63, 3.8) is 0 Å². The predicted octanol–water partition coefficient (Wildman–Crippen LogP) is 3.59. The van der Waals surface area contributed by atoms with E-state index in [1.807, 2.05) is 38.1 Å². The first-order valence-corrected chi connectivity index (χ1v) is 7.76. The van der Waals surface area contributed by atoms with Crippen LogP contribution in [0.5, 0.6) is 11.5 Å². The second-order valence-electron chi connectivity index (χ2n) is 5.43. The van der Waals surface area contributed by atoms with E-state index in [-0.39, 0.29) is 11.9 Å². The van der Waals surface area contributed by atoms with E-state index < -0.39 is 0 Å². The number of carbonyl (C=O) groups is 1. The molecule has 1 atom stereocenters. The standard InChI is InChI=1S/C19H23NO3/c1-4-16(13-23-18-7-5-6-14(2)12-18)20-19(21)15-8-10-17(22-3)11-9-15/h5-12,16H,4,13H2,1-3H3,(H,20,21)/t16-/m0/s1. The van der Waals surface area contributed by atoms with Gasteiger partial charge in [-0.05, 0) is 55.3 Å². The molecule has 0 aliphatic carbocycles. The number of hydrogen-bond donors (Lipinski definition) is 1. The van der Waals surface area contributed by atoms with Crippen LogP contribution in [0.4, 0.5) is 0 Å². The van der Waals surface area contributed by atoms with Crippen LogP contribution in [0.2, 0.25) is 0 Å². The molecule has 0 aromatic heterocycles. The van der Waals surface area contributed by atoms with E-state index in [2.05, 4.69) is 5.32 Å². The summed E-state index contributed by atoms with van der Waals surface area (Å²) in [5.74, 6) is 1.45. The Morgan fingerprint density at radius 3 is 2.48 bits per heavy atom. The number of ether oxygens (including phenoxy) is 2. The molecular weight excluding hydrogens is 290 g/mol. The van der Waals surface area contributed by atoms with Gasteiger partial charge in [0.1, 0.15) is 18.1 Å². The number of rotatable bonds is 7. The van der Waals surface area contributed by atoms with Gasteiger partial charge in [0.2, 0.25) is 0 Å². The van der Waals surface area contributed by atoms with Gasteiger partial charge in [-0.1, -0.05) is 19.1 Å². The zero-order valence-corrected chi connectivity index (χ0v) is 13.8. The lowest BCUT2D eigenvalue weighted by Crippen LogP contribution is -2.38. The summed E-state index contributed by atoms with van der Waals surface area (Å²) in [6.45, 7) is 4.50. The third kappa shape index (κ3) is 5.02. The second-order valence-corrected chi connectivity index (χ2v) is 5.43. The maximum Gasteiger partial charge on any atom is 0.251 e. The maximum absolute atomic E-state index is 12.3. The van der Waals surface area contributed by atoms with Crippen LogP contribution in [0.25, 0.3) is 0 Å². The number of nitrogens with one attached hydrogen (secondary N) is 1. The SMILES string of the molecule is CC[C@@H](COc1cccc(C)c1)NC(=O)c1ccc(OC)cc1. The van der Waals surface area contributed by atoms with Crippen LogP contribution in [-0.2, 0) is 0 Å². The fraction of sp³-hybridized carbons (Fsp3) is 0.316. The molecule has 4 heteroatoms. The van der Waals surface area contributed by atoms with Crippen molar-refractivity contribution in [3.8, 4) is 11.5 Å². The van der Waals surface area contributed by atoms with E-state index in [1.165, 1.54) is 0 Å². The first-order valence-electron chi connectivity index (χ1n) is 7.76. The molecule has 0 radical (unpaired) electrons. The Bertz CT molecular complexity index is 637. The second kappa shape index (κ2) is 8.22. The number of benzene rings is 2. The summed E-state index contributed by atoms with van der Waals surface area (Å²) in [7, 11) is 1.60. The lowest BCUT2D eigenvalue weighted by molar-refractivity contribution is 0.0920. The predicted molar refractivity (Wildman–Crippen MR) is 91.2 cm³/mol. The molecule has 0 spiro atoms. The monoisotopic (exact) mass is 313 g/mol. The van der Waals surface area contributed by atoms with Gasteiger partial charge in [0.15, 0.2) is 0 Å². The van der Waals surface area contributed by atoms with Crippen LogP contribution < -0.4 is 14.8 Å². The summed E-state index contributed by atoms with van der Waals surface area (Å²) in [6.07, 6.45) is 0.799. The quantitative estimate of drug-likeness (QED) is 0.850. The van der Waals surface area contributed by atoms with Gasteiger partial charge in [-0.15, -0.1) is 0 Å². The first kappa shape index (κ1) is 16.9. The molecule has 4 nitrogen and oxygen atoms in total. The van der Waals surface area contributed by atoms with Gasteiger partial charge in [0, 0.05) is 5.56 Å². The summed E-state index contributed by atoms with van der Waals surface area (Å²) >= 11 is 0. The molecule has 0 aliphatic rings. The van der Waals surface area contributed by atoms with E-state index in [0.717, 1.165) is 23.5 Å². The summed E-state index contributed by atoms with van der Waals surface area (Å²) < 4.78 is 10.9. The molecule has 2 rings (SSSR count). The van der Waals surface area contributed by atoms with Crippen molar-refractivity contribution >= 4 is 5.91 Å². The molecule has 0 unspecified atom stereocenters. The lowest BCUT2D eigenvalue weighted by Gasteiger charge is -2.18. The average molecular weight is 313 g/mol. The Morgan fingerprint density at radius 1 is 1.13 bits per heavy atom. The Labute approximate surface area is 137 Å². The molecule has 23 heavy (non-hydrogen) atoms. The van der Waals surface area contributed by atoms with E-state index in [1.54, 1.807) is 31.4 Å². The van der Waals surface area contributed by atoms with Gasteiger partial charge in [-0.25, -0.2) is 0 Å². The van der Waals surface area contributed by atoms with Crippen LogP contribution in [0.15, 0.2) is 48.5 Å². The molecule has 0 heterocycles. The Morgan fingerprint density at radius 2 is 1.87 bits per heavy atom. The maximum atomic E-state index is 12.3. The van der Waals surface area contributed by atoms with Gasteiger partial charge in [-0.2, -0.15) is 0 Å². The van der Waals surface area contributed by atoms with Crippen LogP contribution in [0.3, 0.4) is 0 Å². The van der Waals surface area contributed by atoms with Crippen molar-refractivity contribution in [1.82, 2.24) is 5.32 Å². The third-order valence-electron chi connectivity index (χ3n) is 3.62. The van der Waals surface area contributed by atoms with Crippen LogP contribution in [0, 0.1) is 6.92 Å². The van der Waals surface area contributed by atoms with Crippen LogP contribution in [-0.4, -0.2) is 25.7 Å². The molecule has 0 aliphatic heterocycles. The van der Waals surface area contributed by atoms with Crippen molar-refractivity contribution in [2.45, 2.75) is 26.3 Å².